The molecule has 68 valence electrons. The molecular weight excluding hydrogens is 170 g/mol. The average Bonchev–Trinajstić information content (AvgIpc) is 2.08. The molecule has 0 spiro atoms. The molecular formula is C8H9N3O2. The summed E-state index contributed by atoms with van der Waals surface area (Å²) in [5.41, 5.74) is 6.52. The molecule has 0 aliphatic carbocycles. The van der Waals surface area contributed by atoms with Crippen molar-refractivity contribution in [3.63, 3.8) is 0 Å². The lowest BCUT2D eigenvalue weighted by Gasteiger charge is -2.21. The minimum absolute atomic E-state index is 0.181. The van der Waals surface area contributed by atoms with E-state index in [0.717, 1.165) is 0 Å². The van der Waals surface area contributed by atoms with Gasteiger partial charge in [0, 0.05) is 0 Å². The van der Waals surface area contributed by atoms with Gasteiger partial charge in [-0.25, -0.2) is 4.98 Å². The number of nitrogens with zero attached hydrogens (tertiary/aromatic N) is 1. The highest BCUT2D eigenvalue weighted by molar-refractivity contribution is 5.97. The topological polar surface area (TPSA) is 77.2 Å². The normalized spacial score (nSPS) is 20.1. The van der Waals surface area contributed by atoms with Crippen LogP contribution in [0.1, 0.15) is 6.92 Å². The summed E-state index contributed by atoms with van der Waals surface area (Å²) < 4.78 is 5.22. The molecule has 3 N–H and O–H groups in total. The summed E-state index contributed by atoms with van der Waals surface area (Å²) in [6, 6.07) is 1.62. The van der Waals surface area contributed by atoms with Crippen LogP contribution in [-0.2, 0) is 4.79 Å². The number of hydrogen-bond donors (Lipinski definition) is 2. The maximum absolute atomic E-state index is 11.2. The fourth-order valence-corrected chi connectivity index (χ4v) is 1.11. The van der Waals surface area contributed by atoms with Gasteiger partial charge in [0.25, 0.3) is 5.91 Å². The van der Waals surface area contributed by atoms with Crippen LogP contribution in [0.2, 0.25) is 0 Å². The molecule has 2 rings (SSSR count). The van der Waals surface area contributed by atoms with Crippen molar-refractivity contribution in [2.24, 2.45) is 0 Å². The number of carbonyl (C=O) groups is 1. The van der Waals surface area contributed by atoms with Gasteiger partial charge in [0.05, 0.1) is 11.9 Å². The predicted molar refractivity (Wildman–Crippen MR) is 47.4 cm³/mol. The number of anilines is 2. The molecule has 0 bridgehead atoms. The second-order valence-electron chi connectivity index (χ2n) is 2.87. The summed E-state index contributed by atoms with van der Waals surface area (Å²) in [5, 5.41) is 2.64. The second kappa shape index (κ2) is 2.62. The van der Waals surface area contributed by atoms with E-state index in [1.807, 2.05) is 0 Å². The molecule has 0 saturated carbocycles. The quantitative estimate of drug-likeness (QED) is 0.603. The fourth-order valence-electron chi connectivity index (χ4n) is 1.11. The number of aromatic nitrogens is 1. The Kier molecular flexibility index (Phi) is 1.58. The monoisotopic (exact) mass is 179 g/mol. The molecule has 5 heteroatoms. The lowest BCUT2D eigenvalue weighted by atomic mass is 10.3. The van der Waals surface area contributed by atoms with Gasteiger partial charge in [0.15, 0.2) is 6.10 Å². The van der Waals surface area contributed by atoms with Crippen LogP contribution in [0.4, 0.5) is 11.4 Å². The largest absolute Gasteiger partial charge is 0.463 e. The first kappa shape index (κ1) is 7.85. The van der Waals surface area contributed by atoms with Crippen LogP contribution in [0, 0.1) is 0 Å². The zero-order valence-electron chi connectivity index (χ0n) is 7.07. The Balaban J connectivity index is 2.42. The standard InChI is InChI=1S/C8H9N3O2/c1-4-7(12)11-6-2-5(9)3-10-8(6)13-4/h2-4H,9H2,1H3,(H,11,12). The van der Waals surface area contributed by atoms with E-state index in [1.165, 1.54) is 6.20 Å². The highest BCUT2D eigenvalue weighted by Gasteiger charge is 2.24. The van der Waals surface area contributed by atoms with Crippen molar-refractivity contribution >= 4 is 17.3 Å². The summed E-state index contributed by atoms with van der Waals surface area (Å²) >= 11 is 0. The molecule has 0 radical (unpaired) electrons. The third-order valence-electron chi connectivity index (χ3n) is 1.79. The Morgan fingerprint density at radius 3 is 3.23 bits per heavy atom. The van der Waals surface area contributed by atoms with Gasteiger partial charge >= 0.3 is 0 Å². The predicted octanol–water partition coefficient (Wildman–Crippen LogP) is 0.383. The fraction of sp³-hybridized carbons (Fsp3) is 0.250. The van der Waals surface area contributed by atoms with E-state index < -0.39 is 6.10 Å². The van der Waals surface area contributed by atoms with Crippen molar-refractivity contribution < 1.29 is 9.53 Å². The third kappa shape index (κ3) is 1.28. The number of amides is 1. The van der Waals surface area contributed by atoms with E-state index in [4.69, 9.17) is 10.5 Å². The van der Waals surface area contributed by atoms with Crippen molar-refractivity contribution in [1.29, 1.82) is 0 Å². The molecule has 1 aromatic heterocycles. The zero-order chi connectivity index (χ0) is 9.42. The lowest BCUT2D eigenvalue weighted by Crippen LogP contribution is -2.34. The molecule has 1 aliphatic heterocycles. The number of fused-ring (bicyclic) bond motifs is 1. The smallest absolute Gasteiger partial charge is 0.265 e. The number of pyridine rings is 1. The first-order valence-corrected chi connectivity index (χ1v) is 3.90. The molecule has 0 aromatic carbocycles. The molecule has 0 fully saturated rings. The summed E-state index contributed by atoms with van der Waals surface area (Å²) in [4.78, 5) is 15.1. The van der Waals surface area contributed by atoms with Gasteiger partial charge in [-0.15, -0.1) is 0 Å². The van der Waals surface area contributed by atoms with Crippen molar-refractivity contribution in [1.82, 2.24) is 4.98 Å². The van der Waals surface area contributed by atoms with Crippen LogP contribution in [0.5, 0.6) is 5.88 Å². The van der Waals surface area contributed by atoms with E-state index in [9.17, 15) is 4.79 Å². The van der Waals surface area contributed by atoms with E-state index in [0.29, 0.717) is 17.3 Å². The van der Waals surface area contributed by atoms with E-state index in [1.54, 1.807) is 13.0 Å². The van der Waals surface area contributed by atoms with Crippen molar-refractivity contribution in [2.45, 2.75) is 13.0 Å². The zero-order valence-corrected chi connectivity index (χ0v) is 7.07. The molecule has 5 nitrogen and oxygen atoms in total. The van der Waals surface area contributed by atoms with Gasteiger partial charge < -0.3 is 15.8 Å². The Labute approximate surface area is 74.9 Å². The third-order valence-corrected chi connectivity index (χ3v) is 1.79. The second-order valence-corrected chi connectivity index (χ2v) is 2.87. The van der Waals surface area contributed by atoms with E-state index in [2.05, 4.69) is 10.3 Å². The lowest BCUT2D eigenvalue weighted by molar-refractivity contribution is -0.122. The molecule has 1 aliphatic rings. The molecule has 1 amide bonds. The highest BCUT2D eigenvalue weighted by Crippen LogP contribution is 2.28. The van der Waals surface area contributed by atoms with Crippen LogP contribution in [-0.4, -0.2) is 17.0 Å². The summed E-state index contributed by atoms with van der Waals surface area (Å²) in [5.74, 6) is 0.237. The molecule has 1 atom stereocenters. The first-order chi connectivity index (χ1) is 6.16. The van der Waals surface area contributed by atoms with E-state index >= 15 is 0 Å². The number of nitrogens with two attached hydrogens (primary N) is 1. The van der Waals surface area contributed by atoms with Crippen LogP contribution in [0.15, 0.2) is 12.3 Å². The number of carbonyl (C=O) groups excluding carboxylic acids is 1. The SMILES string of the molecule is CC1Oc2ncc(N)cc2NC1=O. The molecule has 0 saturated heterocycles. The van der Waals surface area contributed by atoms with Crippen LogP contribution in [0.25, 0.3) is 0 Å². The Morgan fingerprint density at radius 2 is 2.46 bits per heavy atom. The Bertz CT molecular complexity index is 364. The summed E-state index contributed by atoms with van der Waals surface area (Å²) in [7, 11) is 0. The number of hydrogen-bond acceptors (Lipinski definition) is 4. The maximum Gasteiger partial charge on any atom is 0.265 e. The molecule has 2 heterocycles. The summed E-state index contributed by atoms with van der Waals surface area (Å²) in [6.07, 6.45) is 0.992. The van der Waals surface area contributed by atoms with Crippen molar-refractivity contribution in [3.05, 3.63) is 12.3 Å². The minimum atomic E-state index is -0.497. The van der Waals surface area contributed by atoms with Crippen molar-refractivity contribution in [3.8, 4) is 5.88 Å². The van der Waals surface area contributed by atoms with Crippen LogP contribution < -0.4 is 15.8 Å². The van der Waals surface area contributed by atoms with Gasteiger partial charge in [-0.3, -0.25) is 4.79 Å². The Hall–Kier alpha value is -1.78. The number of nitrogen functional groups attached to an aromatic ring is 1. The number of rotatable bonds is 0. The van der Waals surface area contributed by atoms with Crippen LogP contribution in [0.3, 0.4) is 0 Å². The minimum Gasteiger partial charge on any atom is -0.463 e. The van der Waals surface area contributed by atoms with Gasteiger partial charge in [-0.05, 0) is 13.0 Å². The first-order valence-electron chi connectivity index (χ1n) is 3.90. The average molecular weight is 179 g/mol. The maximum atomic E-state index is 11.2. The van der Waals surface area contributed by atoms with E-state index in [-0.39, 0.29) is 5.91 Å². The highest BCUT2D eigenvalue weighted by atomic mass is 16.5. The Morgan fingerprint density at radius 1 is 1.69 bits per heavy atom. The van der Waals surface area contributed by atoms with Gasteiger partial charge in [-0.1, -0.05) is 0 Å². The van der Waals surface area contributed by atoms with Crippen LogP contribution >= 0.6 is 0 Å². The summed E-state index contributed by atoms with van der Waals surface area (Å²) in [6.45, 7) is 1.66. The molecule has 13 heavy (non-hydrogen) atoms. The number of nitrogens with one attached hydrogen (secondary N) is 1. The molecule has 1 unspecified atom stereocenters. The van der Waals surface area contributed by atoms with Gasteiger partial charge in [-0.2, -0.15) is 0 Å². The van der Waals surface area contributed by atoms with Gasteiger partial charge in [0.2, 0.25) is 5.88 Å². The molecule has 1 aromatic rings. The van der Waals surface area contributed by atoms with Crippen molar-refractivity contribution in [2.75, 3.05) is 11.1 Å². The number of ether oxygens (including phenoxy) is 1. The van der Waals surface area contributed by atoms with Gasteiger partial charge in [0.1, 0.15) is 5.69 Å².